The van der Waals surface area contributed by atoms with Gasteiger partial charge in [-0.25, -0.2) is 23.6 Å². The van der Waals surface area contributed by atoms with E-state index in [2.05, 4.69) is 24.8 Å². The van der Waals surface area contributed by atoms with Gasteiger partial charge >= 0.3 is 6.18 Å². The third-order valence-electron chi connectivity index (χ3n) is 11.6. The first-order valence-corrected chi connectivity index (χ1v) is 22.2. The number of anilines is 4. The van der Waals surface area contributed by atoms with Gasteiger partial charge in [0.1, 0.15) is 40.4 Å². The number of aliphatic hydroxyl groups is 1. The fourth-order valence-corrected chi connectivity index (χ4v) is 9.13. The fraction of sp³-hybridized carbons (Fsp3) is 0.292. The predicted octanol–water partition coefficient (Wildman–Crippen LogP) is 8.91. The molecule has 2 aliphatic heterocycles. The van der Waals surface area contributed by atoms with E-state index in [0.29, 0.717) is 47.5 Å². The van der Waals surface area contributed by atoms with Crippen LogP contribution in [0.2, 0.25) is 0 Å². The van der Waals surface area contributed by atoms with Crippen molar-refractivity contribution in [2.45, 2.75) is 78.6 Å². The van der Waals surface area contributed by atoms with Gasteiger partial charge in [-0.15, -0.1) is 0 Å². The number of hydrogen-bond donors (Lipinski definition) is 2. The summed E-state index contributed by atoms with van der Waals surface area (Å²) in [4.78, 5) is 63.3. The molecule has 2 fully saturated rings. The number of thiocarbonyl (C=S) groups is 2. The van der Waals surface area contributed by atoms with E-state index < -0.39 is 51.5 Å². The average molecular weight is 997 g/mol. The number of ether oxygens (including phenoxy) is 1. The summed E-state index contributed by atoms with van der Waals surface area (Å²) in [7, 11) is 0. The maximum Gasteiger partial charge on any atom is 0.417 e. The van der Waals surface area contributed by atoms with Gasteiger partial charge in [0, 0.05) is 29.9 Å². The van der Waals surface area contributed by atoms with E-state index in [9.17, 15) is 32.7 Å². The van der Waals surface area contributed by atoms with Crippen LogP contribution in [0.3, 0.4) is 0 Å². The normalized spacial score (nSPS) is 15.4. The minimum atomic E-state index is -4.84. The monoisotopic (exact) mass is 996 g/mol. The number of fused-ring (bicyclic) bond motifs is 2. The van der Waals surface area contributed by atoms with Crippen LogP contribution >= 0.6 is 24.4 Å². The van der Waals surface area contributed by atoms with Crippen LogP contribution in [0.15, 0.2) is 65.5 Å². The van der Waals surface area contributed by atoms with Gasteiger partial charge < -0.3 is 24.6 Å². The lowest BCUT2D eigenvalue weighted by Gasteiger charge is -2.29. The third kappa shape index (κ3) is 8.74. The van der Waals surface area contributed by atoms with Crippen molar-refractivity contribution < 1.29 is 41.4 Å². The number of H-pyrrole nitrogens is 1. The lowest BCUT2D eigenvalue weighted by molar-refractivity contribution is -0.137. The van der Waals surface area contributed by atoms with Gasteiger partial charge in [-0.2, -0.15) is 23.4 Å². The van der Waals surface area contributed by atoms with Crippen LogP contribution in [0.4, 0.5) is 50.4 Å². The van der Waals surface area contributed by atoms with Gasteiger partial charge in [0.2, 0.25) is 5.88 Å². The summed E-state index contributed by atoms with van der Waals surface area (Å²) in [5.74, 6) is -1.65. The molecule has 0 unspecified atom stereocenters. The van der Waals surface area contributed by atoms with Crippen LogP contribution in [-0.4, -0.2) is 71.4 Å². The van der Waals surface area contributed by atoms with Crippen molar-refractivity contribution >= 4 is 96.7 Å². The summed E-state index contributed by atoms with van der Waals surface area (Å²) >= 11 is 11.2. The number of hydrogen-bond acceptors (Lipinski definition) is 11. The van der Waals surface area contributed by atoms with Crippen LogP contribution < -0.4 is 29.9 Å². The van der Waals surface area contributed by atoms with E-state index in [1.54, 1.807) is 50.8 Å². The highest BCUT2D eigenvalue weighted by atomic mass is 32.1. The number of aromatic amines is 1. The SMILES string of the molecule is CCc1nc(OCCO)c2cc(N3C(=S)N(c4ccc(C#N)c(C(F)(F)F)c4)C(=O)C3(C)C)cc(F)c2n1.[C-]#[N+]c1ccc(N2C(=O)C(C)(C)N(c3cc(F)c4nc(CC)[nH]c(=O)c4c3)C2=S)cc1C. The molecule has 8 rings (SSSR count). The number of benzene rings is 4. The Hall–Kier alpha value is -7.53. The summed E-state index contributed by atoms with van der Waals surface area (Å²) in [5.41, 5.74) is -2.96. The lowest BCUT2D eigenvalue weighted by Crippen LogP contribution is -2.44. The molecule has 70 heavy (non-hydrogen) atoms. The first-order chi connectivity index (χ1) is 32.9. The van der Waals surface area contributed by atoms with Crippen LogP contribution in [0.5, 0.6) is 5.88 Å². The quantitative estimate of drug-likeness (QED) is 0.0799. The van der Waals surface area contributed by atoms with E-state index >= 15 is 8.78 Å². The fourth-order valence-electron chi connectivity index (χ4n) is 8.08. The first kappa shape index (κ1) is 50.3. The van der Waals surface area contributed by atoms with Crippen molar-refractivity contribution in [2.75, 3.05) is 32.8 Å². The van der Waals surface area contributed by atoms with Crippen molar-refractivity contribution in [3.8, 4) is 11.9 Å². The van der Waals surface area contributed by atoms with Crippen LogP contribution in [0, 0.1) is 36.5 Å². The summed E-state index contributed by atoms with van der Waals surface area (Å²) in [6.45, 7) is 18.5. The summed E-state index contributed by atoms with van der Waals surface area (Å²) in [5, 5.41) is 18.5. The molecule has 360 valence electrons. The maximum absolute atomic E-state index is 15.4. The van der Waals surface area contributed by atoms with E-state index in [0.717, 1.165) is 17.0 Å². The van der Waals surface area contributed by atoms with E-state index in [-0.39, 0.29) is 74.1 Å². The number of carbonyl (C=O) groups excluding carboxylic acids is 2. The van der Waals surface area contributed by atoms with Gasteiger partial charge in [0.15, 0.2) is 27.5 Å². The van der Waals surface area contributed by atoms with Crippen molar-refractivity contribution in [2.24, 2.45) is 0 Å². The Labute approximate surface area is 407 Å². The Morgan fingerprint density at radius 1 is 0.800 bits per heavy atom. The zero-order valence-electron chi connectivity index (χ0n) is 38.4. The molecular formula is C48H41F5N10O5S2. The molecule has 0 spiro atoms. The van der Waals surface area contributed by atoms with Gasteiger partial charge in [0.05, 0.1) is 46.8 Å². The smallest absolute Gasteiger partial charge is 0.417 e. The van der Waals surface area contributed by atoms with Crippen molar-refractivity contribution in [1.82, 2.24) is 19.9 Å². The maximum atomic E-state index is 15.4. The van der Waals surface area contributed by atoms with Crippen molar-refractivity contribution in [3.63, 3.8) is 0 Å². The molecule has 0 bridgehead atoms. The summed E-state index contributed by atoms with van der Waals surface area (Å²) in [6, 6.07) is 14.7. The molecule has 0 saturated carbocycles. The number of nitrogens with one attached hydrogen (secondary N) is 1. The standard InChI is InChI=1S/C25H21F4N5O3S.C23H20FN5O2S/c1-4-19-31-20-16(21(32-19)37-8-7-35)9-15(11-18(20)26)34-23(38)33(22(36)24(34,2)3)14-6-5-13(12-30)17(10-14)25(27,28)29;1-6-18-26-19-15(20(30)27-18)10-14(11-16(19)24)29-22(32)28(21(31)23(29,3)4)13-7-8-17(25-5)12(2)9-13/h5-6,9-11,35H,4,7-8H2,1-3H3;7-11H,6H2,1-4H3,(H,26,27,30). The Balaban J connectivity index is 0.000000209. The lowest BCUT2D eigenvalue weighted by atomic mass is 10.0. The zero-order valence-corrected chi connectivity index (χ0v) is 40.0. The van der Waals surface area contributed by atoms with Crippen molar-refractivity contribution in [1.29, 1.82) is 5.26 Å². The minimum Gasteiger partial charge on any atom is -0.475 e. The molecule has 15 nitrogen and oxygen atoms in total. The third-order valence-corrected chi connectivity index (χ3v) is 12.4. The number of aryl methyl sites for hydroxylation is 3. The number of amides is 2. The number of halogens is 5. The molecule has 4 heterocycles. The number of nitriles is 1. The number of nitrogens with zero attached hydrogens (tertiary/aromatic N) is 9. The summed E-state index contributed by atoms with van der Waals surface area (Å²) < 4.78 is 76.6. The van der Waals surface area contributed by atoms with Crippen LogP contribution in [-0.2, 0) is 28.6 Å². The van der Waals surface area contributed by atoms with Gasteiger partial charge in [-0.05, 0) is 119 Å². The molecule has 4 aromatic carbocycles. The van der Waals surface area contributed by atoms with Gasteiger partial charge in [-0.1, -0.05) is 19.9 Å². The van der Waals surface area contributed by atoms with Gasteiger partial charge in [-0.3, -0.25) is 24.2 Å². The molecule has 0 radical (unpaired) electrons. The Bertz CT molecular complexity index is 3350. The van der Waals surface area contributed by atoms with Crippen LogP contribution in [0.1, 0.15) is 69.9 Å². The molecule has 2 saturated heterocycles. The van der Waals surface area contributed by atoms with Gasteiger partial charge in [0.25, 0.3) is 17.4 Å². The van der Waals surface area contributed by atoms with E-state index in [1.165, 1.54) is 54.0 Å². The summed E-state index contributed by atoms with van der Waals surface area (Å²) in [6.07, 6.45) is -3.99. The highest BCUT2D eigenvalue weighted by Crippen LogP contribution is 2.42. The number of aliphatic hydroxyl groups excluding tert-OH is 1. The molecule has 0 aliphatic carbocycles. The largest absolute Gasteiger partial charge is 0.475 e. The second-order valence-electron chi connectivity index (χ2n) is 16.9. The highest BCUT2D eigenvalue weighted by Gasteiger charge is 2.52. The Morgan fingerprint density at radius 2 is 1.34 bits per heavy atom. The molecule has 2 N–H and O–H groups in total. The first-order valence-electron chi connectivity index (χ1n) is 21.4. The Kier molecular flexibility index (Phi) is 13.5. The second-order valence-corrected chi connectivity index (χ2v) is 17.7. The number of rotatable bonds is 9. The van der Waals surface area contributed by atoms with E-state index in [4.69, 9.17) is 41.0 Å². The number of carbonyl (C=O) groups is 2. The molecule has 22 heteroatoms. The molecule has 6 aromatic rings. The predicted molar refractivity (Wildman–Crippen MR) is 260 cm³/mol. The topological polar surface area (TPSA) is 176 Å². The molecule has 2 aromatic heterocycles. The van der Waals surface area contributed by atoms with Crippen molar-refractivity contribution in [3.05, 3.63) is 122 Å². The molecule has 2 amide bonds. The minimum absolute atomic E-state index is 0.0224. The number of aromatic nitrogens is 4. The second kappa shape index (κ2) is 18.8. The van der Waals surface area contributed by atoms with Crippen LogP contribution in [0.25, 0.3) is 26.7 Å². The molecular weight excluding hydrogens is 956 g/mol. The number of alkyl halides is 3. The highest BCUT2D eigenvalue weighted by molar-refractivity contribution is 7.81. The zero-order chi connectivity index (χ0) is 51.4. The Morgan fingerprint density at radius 3 is 1.84 bits per heavy atom. The molecule has 0 atom stereocenters. The average Bonchev–Trinajstić information content (AvgIpc) is 3.61. The molecule has 2 aliphatic rings. The van der Waals surface area contributed by atoms with E-state index in [1.807, 2.05) is 6.92 Å².